The fourth-order valence-corrected chi connectivity index (χ4v) is 3.88. The number of amides is 1. The molecule has 0 spiro atoms. The molecule has 21 heavy (non-hydrogen) atoms. The summed E-state index contributed by atoms with van der Waals surface area (Å²) in [6.45, 7) is 1.77. The van der Waals surface area contributed by atoms with Gasteiger partial charge < -0.3 is 10.2 Å². The SMILES string of the molecule is O=C1CCC2CN(c3ccc([N+](=O)[O-])c(I)c3)CCC2N1. The fraction of sp³-hybridized carbons (Fsp3) is 0.500. The molecule has 1 N–H and O–H groups in total. The number of nitrogens with zero attached hydrogens (tertiary/aromatic N) is 2. The first-order valence-electron chi connectivity index (χ1n) is 7.03. The minimum atomic E-state index is -0.353. The van der Waals surface area contributed by atoms with Crippen molar-refractivity contribution >= 4 is 39.9 Å². The van der Waals surface area contributed by atoms with Crippen LogP contribution in [0, 0.1) is 19.6 Å². The van der Waals surface area contributed by atoms with Crippen LogP contribution in [0.5, 0.6) is 0 Å². The Morgan fingerprint density at radius 3 is 2.90 bits per heavy atom. The van der Waals surface area contributed by atoms with E-state index >= 15 is 0 Å². The summed E-state index contributed by atoms with van der Waals surface area (Å²) >= 11 is 2.01. The number of nitrogens with one attached hydrogen (secondary N) is 1. The lowest BCUT2D eigenvalue weighted by molar-refractivity contribution is -0.385. The molecule has 7 heteroatoms. The predicted octanol–water partition coefficient (Wildman–Crippen LogP) is 2.30. The summed E-state index contributed by atoms with van der Waals surface area (Å²) in [4.78, 5) is 24.2. The number of hydrogen-bond donors (Lipinski definition) is 1. The molecule has 2 saturated heterocycles. The number of carbonyl (C=O) groups is 1. The van der Waals surface area contributed by atoms with Gasteiger partial charge in [-0.1, -0.05) is 0 Å². The molecular formula is C14H16IN3O3. The van der Waals surface area contributed by atoms with Crippen LogP contribution >= 0.6 is 22.6 Å². The van der Waals surface area contributed by atoms with Crippen molar-refractivity contribution in [1.82, 2.24) is 5.32 Å². The molecule has 2 heterocycles. The molecule has 6 nitrogen and oxygen atoms in total. The largest absolute Gasteiger partial charge is 0.371 e. The number of benzene rings is 1. The second kappa shape index (κ2) is 5.78. The fourth-order valence-electron chi connectivity index (χ4n) is 3.19. The molecular weight excluding hydrogens is 385 g/mol. The summed E-state index contributed by atoms with van der Waals surface area (Å²) < 4.78 is 0.661. The third kappa shape index (κ3) is 2.97. The van der Waals surface area contributed by atoms with Gasteiger partial charge in [-0.25, -0.2) is 0 Å². The highest BCUT2D eigenvalue weighted by atomic mass is 127. The van der Waals surface area contributed by atoms with Crippen LogP contribution in [0.3, 0.4) is 0 Å². The van der Waals surface area contributed by atoms with E-state index in [0.29, 0.717) is 22.0 Å². The molecule has 1 aromatic carbocycles. The Kier molecular flexibility index (Phi) is 4.01. The monoisotopic (exact) mass is 401 g/mol. The van der Waals surface area contributed by atoms with Gasteiger partial charge in [-0.05, 0) is 53.5 Å². The van der Waals surface area contributed by atoms with Crippen molar-refractivity contribution in [1.29, 1.82) is 0 Å². The van der Waals surface area contributed by atoms with Crippen LogP contribution in [0.1, 0.15) is 19.3 Å². The predicted molar refractivity (Wildman–Crippen MR) is 87.3 cm³/mol. The summed E-state index contributed by atoms with van der Waals surface area (Å²) in [5.74, 6) is 0.638. The van der Waals surface area contributed by atoms with Crippen LogP contribution in [-0.2, 0) is 4.79 Å². The molecule has 0 radical (unpaired) electrons. The molecule has 1 aromatic rings. The highest BCUT2D eigenvalue weighted by Crippen LogP contribution is 2.31. The van der Waals surface area contributed by atoms with Crippen molar-refractivity contribution in [2.75, 3.05) is 18.0 Å². The van der Waals surface area contributed by atoms with Gasteiger partial charge in [0.05, 0.1) is 8.49 Å². The van der Waals surface area contributed by atoms with Crippen LogP contribution in [0.2, 0.25) is 0 Å². The lowest BCUT2D eigenvalue weighted by Crippen LogP contribution is -2.54. The Hall–Kier alpha value is -1.38. The van der Waals surface area contributed by atoms with E-state index in [-0.39, 0.29) is 16.5 Å². The van der Waals surface area contributed by atoms with Crippen LogP contribution < -0.4 is 10.2 Å². The van der Waals surface area contributed by atoms with Crippen molar-refractivity contribution < 1.29 is 9.72 Å². The average molecular weight is 401 g/mol. The minimum absolute atomic E-state index is 0.152. The smallest absolute Gasteiger partial charge is 0.282 e. The first kappa shape index (κ1) is 14.6. The van der Waals surface area contributed by atoms with E-state index in [1.807, 2.05) is 34.7 Å². The highest BCUT2D eigenvalue weighted by molar-refractivity contribution is 14.1. The lowest BCUT2D eigenvalue weighted by Gasteiger charge is -2.42. The molecule has 0 saturated carbocycles. The number of nitro groups is 1. The number of halogens is 1. The van der Waals surface area contributed by atoms with Gasteiger partial charge in [0.1, 0.15) is 0 Å². The topological polar surface area (TPSA) is 75.5 Å². The maximum atomic E-state index is 11.4. The van der Waals surface area contributed by atoms with E-state index in [1.165, 1.54) is 0 Å². The van der Waals surface area contributed by atoms with Crippen molar-refractivity contribution in [3.8, 4) is 0 Å². The number of hydrogen-bond acceptors (Lipinski definition) is 4. The zero-order valence-electron chi connectivity index (χ0n) is 11.4. The van der Waals surface area contributed by atoms with Crippen molar-refractivity contribution in [2.45, 2.75) is 25.3 Å². The third-order valence-electron chi connectivity index (χ3n) is 4.32. The van der Waals surface area contributed by atoms with Crippen molar-refractivity contribution in [3.63, 3.8) is 0 Å². The molecule has 0 aliphatic carbocycles. The Balaban J connectivity index is 1.75. The maximum absolute atomic E-state index is 11.4. The number of fused-ring (bicyclic) bond motifs is 1. The van der Waals surface area contributed by atoms with E-state index in [4.69, 9.17) is 0 Å². The first-order chi connectivity index (χ1) is 10.0. The number of nitro benzene ring substituents is 1. The molecule has 2 aliphatic heterocycles. The van der Waals surface area contributed by atoms with Crippen LogP contribution in [0.4, 0.5) is 11.4 Å². The maximum Gasteiger partial charge on any atom is 0.282 e. The molecule has 1 amide bonds. The van der Waals surface area contributed by atoms with Crippen LogP contribution in [0.25, 0.3) is 0 Å². The number of carbonyl (C=O) groups excluding carboxylic acids is 1. The first-order valence-corrected chi connectivity index (χ1v) is 8.11. The van der Waals surface area contributed by atoms with Gasteiger partial charge in [-0.2, -0.15) is 0 Å². The Bertz CT molecular complexity index is 593. The summed E-state index contributed by atoms with van der Waals surface area (Å²) in [6.07, 6.45) is 2.47. The second-order valence-electron chi connectivity index (χ2n) is 5.60. The van der Waals surface area contributed by atoms with Gasteiger partial charge >= 0.3 is 0 Å². The molecule has 2 unspecified atom stereocenters. The quantitative estimate of drug-likeness (QED) is 0.469. The zero-order chi connectivity index (χ0) is 15.0. The van der Waals surface area contributed by atoms with E-state index in [1.54, 1.807) is 6.07 Å². The van der Waals surface area contributed by atoms with Gasteiger partial charge in [-0.3, -0.25) is 14.9 Å². The molecule has 2 atom stereocenters. The lowest BCUT2D eigenvalue weighted by atomic mass is 9.85. The van der Waals surface area contributed by atoms with Gasteiger partial charge in [0.2, 0.25) is 5.91 Å². The van der Waals surface area contributed by atoms with Crippen molar-refractivity contribution in [3.05, 3.63) is 31.9 Å². The van der Waals surface area contributed by atoms with Gasteiger partial charge in [0, 0.05) is 37.3 Å². The minimum Gasteiger partial charge on any atom is -0.371 e. The number of anilines is 1. The summed E-state index contributed by atoms with van der Waals surface area (Å²) in [5, 5.41) is 13.9. The number of rotatable bonds is 2. The Morgan fingerprint density at radius 2 is 2.19 bits per heavy atom. The van der Waals surface area contributed by atoms with E-state index < -0.39 is 0 Å². The Labute approximate surface area is 136 Å². The molecule has 2 aliphatic rings. The van der Waals surface area contributed by atoms with Crippen LogP contribution in [0.15, 0.2) is 18.2 Å². The van der Waals surface area contributed by atoms with Crippen molar-refractivity contribution in [2.24, 2.45) is 5.92 Å². The standard InChI is InChI=1S/C14H16IN3O3/c15-11-7-10(2-3-13(11)18(20)21)17-6-5-12-9(8-17)1-4-14(19)16-12/h2-3,7,9,12H,1,4-6,8H2,(H,16,19). The van der Waals surface area contributed by atoms with Gasteiger partial charge in [0.15, 0.2) is 0 Å². The van der Waals surface area contributed by atoms with E-state index in [0.717, 1.165) is 31.6 Å². The average Bonchev–Trinajstić information content (AvgIpc) is 2.46. The molecule has 3 rings (SSSR count). The van der Waals surface area contributed by atoms with Crippen LogP contribution in [-0.4, -0.2) is 30.0 Å². The molecule has 112 valence electrons. The van der Waals surface area contributed by atoms with E-state index in [2.05, 4.69) is 10.2 Å². The second-order valence-corrected chi connectivity index (χ2v) is 6.76. The normalized spacial score (nSPS) is 25.2. The molecule has 0 aromatic heterocycles. The van der Waals surface area contributed by atoms with Gasteiger partial charge in [0.25, 0.3) is 5.69 Å². The molecule has 2 fully saturated rings. The molecule has 0 bridgehead atoms. The van der Waals surface area contributed by atoms with Gasteiger partial charge in [-0.15, -0.1) is 0 Å². The number of piperidine rings is 2. The Morgan fingerprint density at radius 1 is 1.38 bits per heavy atom. The summed E-state index contributed by atoms with van der Waals surface area (Å²) in [6, 6.07) is 5.56. The van der Waals surface area contributed by atoms with E-state index in [9.17, 15) is 14.9 Å². The zero-order valence-corrected chi connectivity index (χ0v) is 13.6. The highest BCUT2D eigenvalue weighted by Gasteiger charge is 2.34. The summed E-state index contributed by atoms with van der Waals surface area (Å²) in [7, 11) is 0. The third-order valence-corrected chi connectivity index (χ3v) is 5.18. The summed E-state index contributed by atoms with van der Waals surface area (Å²) in [5.41, 5.74) is 1.18.